The van der Waals surface area contributed by atoms with E-state index in [0.29, 0.717) is 15.6 Å². The molecule has 4 nitrogen and oxygen atoms in total. The standard InChI is InChI=1S/C12H11Cl2N3OS/c1-6(9-2-3-11(14)19-9)17-12(18)7-4-10(13)16-5-8(7)15/h2-6H,15H2,1H3,(H,17,18). The Bertz CT molecular complexity index is 615. The van der Waals surface area contributed by atoms with Crippen molar-refractivity contribution in [1.29, 1.82) is 0 Å². The summed E-state index contributed by atoms with van der Waals surface area (Å²) >= 11 is 13.0. The van der Waals surface area contributed by atoms with E-state index in [2.05, 4.69) is 10.3 Å². The lowest BCUT2D eigenvalue weighted by atomic mass is 10.2. The number of aromatic nitrogens is 1. The topological polar surface area (TPSA) is 68.0 Å². The van der Waals surface area contributed by atoms with Crippen LogP contribution in [0, 0.1) is 0 Å². The molecule has 0 saturated carbocycles. The first-order chi connectivity index (χ1) is 8.97. The van der Waals surface area contributed by atoms with Gasteiger partial charge in [0, 0.05) is 4.88 Å². The molecule has 1 amide bonds. The Kier molecular flexibility index (Phi) is 4.29. The lowest BCUT2D eigenvalue weighted by Gasteiger charge is -2.13. The molecule has 0 aromatic carbocycles. The van der Waals surface area contributed by atoms with Crippen molar-refractivity contribution in [2.24, 2.45) is 0 Å². The summed E-state index contributed by atoms with van der Waals surface area (Å²) in [5.74, 6) is -0.293. The van der Waals surface area contributed by atoms with E-state index in [-0.39, 0.29) is 17.1 Å². The van der Waals surface area contributed by atoms with Crippen LogP contribution < -0.4 is 11.1 Å². The zero-order chi connectivity index (χ0) is 14.0. The van der Waals surface area contributed by atoms with Gasteiger partial charge < -0.3 is 11.1 Å². The summed E-state index contributed by atoms with van der Waals surface area (Å²) in [6.45, 7) is 1.87. The van der Waals surface area contributed by atoms with E-state index < -0.39 is 0 Å². The Morgan fingerprint density at radius 3 is 2.84 bits per heavy atom. The number of anilines is 1. The van der Waals surface area contributed by atoms with Crippen LogP contribution in [0.2, 0.25) is 9.49 Å². The number of hydrogen-bond donors (Lipinski definition) is 2. The molecule has 2 aromatic rings. The second kappa shape index (κ2) is 5.77. The second-order valence-electron chi connectivity index (χ2n) is 3.93. The van der Waals surface area contributed by atoms with Crippen LogP contribution in [-0.2, 0) is 0 Å². The summed E-state index contributed by atoms with van der Waals surface area (Å²) in [5, 5.41) is 3.07. The highest BCUT2D eigenvalue weighted by Gasteiger charge is 2.15. The number of nitrogens with one attached hydrogen (secondary N) is 1. The molecule has 1 unspecified atom stereocenters. The van der Waals surface area contributed by atoms with E-state index in [1.54, 1.807) is 6.07 Å². The number of thiophene rings is 1. The smallest absolute Gasteiger partial charge is 0.254 e. The molecule has 7 heteroatoms. The fraction of sp³-hybridized carbons (Fsp3) is 0.167. The van der Waals surface area contributed by atoms with E-state index >= 15 is 0 Å². The molecular formula is C12H11Cl2N3OS. The van der Waals surface area contributed by atoms with Crippen molar-refractivity contribution in [1.82, 2.24) is 10.3 Å². The second-order valence-corrected chi connectivity index (χ2v) is 6.07. The predicted molar refractivity (Wildman–Crippen MR) is 78.9 cm³/mol. The van der Waals surface area contributed by atoms with Gasteiger partial charge in [0.05, 0.1) is 27.8 Å². The number of carbonyl (C=O) groups is 1. The van der Waals surface area contributed by atoms with Gasteiger partial charge in [0.25, 0.3) is 5.91 Å². The molecule has 0 bridgehead atoms. The van der Waals surface area contributed by atoms with Crippen LogP contribution in [0.4, 0.5) is 5.69 Å². The van der Waals surface area contributed by atoms with Crippen molar-refractivity contribution in [2.75, 3.05) is 5.73 Å². The van der Waals surface area contributed by atoms with Crippen LogP contribution in [0.25, 0.3) is 0 Å². The normalized spacial score (nSPS) is 12.2. The largest absolute Gasteiger partial charge is 0.397 e. The zero-order valence-corrected chi connectivity index (χ0v) is 12.3. The van der Waals surface area contributed by atoms with Crippen LogP contribution in [-0.4, -0.2) is 10.9 Å². The molecule has 19 heavy (non-hydrogen) atoms. The van der Waals surface area contributed by atoms with Gasteiger partial charge in [-0.3, -0.25) is 4.79 Å². The molecule has 0 spiro atoms. The summed E-state index contributed by atoms with van der Waals surface area (Å²) in [7, 11) is 0. The lowest BCUT2D eigenvalue weighted by molar-refractivity contribution is 0.0941. The number of halogens is 2. The van der Waals surface area contributed by atoms with Crippen molar-refractivity contribution in [3.63, 3.8) is 0 Å². The lowest BCUT2D eigenvalue weighted by Crippen LogP contribution is -2.27. The fourth-order valence-electron chi connectivity index (χ4n) is 1.54. The number of hydrogen-bond acceptors (Lipinski definition) is 4. The number of nitrogen functional groups attached to an aromatic ring is 1. The zero-order valence-electron chi connectivity index (χ0n) is 9.98. The molecule has 1 atom stereocenters. The SMILES string of the molecule is CC(NC(=O)c1cc(Cl)ncc1N)c1ccc(Cl)s1. The number of amides is 1. The van der Waals surface area contributed by atoms with Crippen molar-refractivity contribution < 1.29 is 4.79 Å². The summed E-state index contributed by atoms with van der Waals surface area (Å²) < 4.78 is 0.683. The Morgan fingerprint density at radius 2 is 2.21 bits per heavy atom. The number of nitrogens with zero attached hydrogens (tertiary/aromatic N) is 1. The maximum absolute atomic E-state index is 12.1. The van der Waals surface area contributed by atoms with E-state index in [4.69, 9.17) is 28.9 Å². The molecule has 2 aromatic heterocycles. The van der Waals surface area contributed by atoms with Gasteiger partial charge in [-0.15, -0.1) is 11.3 Å². The highest BCUT2D eigenvalue weighted by Crippen LogP contribution is 2.27. The number of rotatable bonds is 3. The highest BCUT2D eigenvalue weighted by molar-refractivity contribution is 7.16. The quantitative estimate of drug-likeness (QED) is 0.851. The monoisotopic (exact) mass is 315 g/mol. The first-order valence-electron chi connectivity index (χ1n) is 5.44. The maximum Gasteiger partial charge on any atom is 0.254 e. The molecule has 0 aliphatic rings. The van der Waals surface area contributed by atoms with Crippen LogP contribution >= 0.6 is 34.5 Å². The Balaban J connectivity index is 2.15. The van der Waals surface area contributed by atoms with Gasteiger partial charge in [0.15, 0.2) is 0 Å². The number of pyridine rings is 1. The number of nitrogens with two attached hydrogens (primary N) is 1. The molecule has 0 saturated heterocycles. The minimum atomic E-state index is -0.293. The van der Waals surface area contributed by atoms with Crippen molar-refractivity contribution in [3.05, 3.63) is 44.3 Å². The first kappa shape index (κ1) is 14.1. The van der Waals surface area contributed by atoms with Crippen LogP contribution in [0.3, 0.4) is 0 Å². The Labute approximate surface area is 124 Å². The molecule has 0 radical (unpaired) electrons. The first-order valence-corrected chi connectivity index (χ1v) is 7.01. The van der Waals surface area contributed by atoms with E-state index in [1.165, 1.54) is 23.6 Å². The van der Waals surface area contributed by atoms with Gasteiger partial charge in [-0.1, -0.05) is 23.2 Å². The Hall–Kier alpha value is -1.30. The molecule has 0 fully saturated rings. The Morgan fingerprint density at radius 1 is 1.47 bits per heavy atom. The van der Waals surface area contributed by atoms with Crippen LogP contribution in [0.1, 0.15) is 28.2 Å². The third-order valence-electron chi connectivity index (χ3n) is 2.51. The molecule has 3 N–H and O–H groups in total. The molecule has 100 valence electrons. The van der Waals surface area contributed by atoms with E-state index in [1.807, 2.05) is 13.0 Å². The molecular weight excluding hydrogens is 305 g/mol. The van der Waals surface area contributed by atoms with Gasteiger partial charge in [-0.25, -0.2) is 4.98 Å². The average Bonchev–Trinajstić information content (AvgIpc) is 2.79. The highest BCUT2D eigenvalue weighted by atomic mass is 35.5. The van der Waals surface area contributed by atoms with Crippen LogP contribution in [0.15, 0.2) is 24.4 Å². The van der Waals surface area contributed by atoms with Gasteiger partial charge in [0.1, 0.15) is 5.15 Å². The van der Waals surface area contributed by atoms with Gasteiger partial charge in [0.2, 0.25) is 0 Å². The van der Waals surface area contributed by atoms with Crippen molar-refractivity contribution in [3.8, 4) is 0 Å². The fourth-order valence-corrected chi connectivity index (χ4v) is 2.76. The van der Waals surface area contributed by atoms with Gasteiger partial charge in [-0.05, 0) is 25.1 Å². The average molecular weight is 316 g/mol. The molecule has 2 rings (SSSR count). The van der Waals surface area contributed by atoms with E-state index in [0.717, 1.165) is 4.88 Å². The predicted octanol–water partition coefficient (Wildman–Crippen LogP) is 3.52. The summed E-state index contributed by atoms with van der Waals surface area (Å²) in [6, 6.07) is 4.96. The third kappa shape index (κ3) is 3.37. The molecule has 2 heterocycles. The summed E-state index contributed by atoms with van der Waals surface area (Å²) in [4.78, 5) is 16.9. The maximum atomic E-state index is 12.1. The van der Waals surface area contributed by atoms with Crippen molar-refractivity contribution >= 4 is 46.1 Å². The van der Waals surface area contributed by atoms with E-state index in [9.17, 15) is 4.79 Å². The third-order valence-corrected chi connectivity index (χ3v) is 4.13. The van der Waals surface area contributed by atoms with Crippen LogP contribution in [0.5, 0.6) is 0 Å². The number of carbonyl (C=O) groups excluding carboxylic acids is 1. The molecule has 0 aliphatic heterocycles. The molecule has 0 aliphatic carbocycles. The van der Waals surface area contributed by atoms with Gasteiger partial charge >= 0.3 is 0 Å². The summed E-state index contributed by atoms with van der Waals surface area (Å²) in [6.07, 6.45) is 1.37. The van der Waals surface area contributed by atoms with Crippen molar-refractivity contribution in [2.45, 2.75) is 13.0 Å². The van der Waals surface area contributed by atoms with Gasteiger partial charge in [-0.2, -0.15) is 0 Å². The minimum absolute atomic E-state index is 0.156. The minimum Gasteiger partial charge on any atom is -0.397 e. The summed E-state index contributed by atoms with van der Waals surface area (Å²) in [5.41, 5.74) is 6.31.